The summed E-state index contributed by atoms with van der Waals surface area (Å²) in [5, 5.41) is 0. The number of piperidine rings is 1. The number of hydrogen-bond donors (Lipinski definition) is 0. The predicted molar refractivity (Wildman–Crippen MR) is 91.3 cm³/mol. The summed E-state index contributed by atoms with van der Waals surface area (Å²) in [5.41, 5.74) is 2.32. The van der Waals surface area contributed by atoms with Crippen molar-refractivity contribution in [2.24, 2.45) is 0 Å². The molecule has 0 aliphatic carbocycles. The van der Waals surface area contributed by atoms with Crippen molar-refractivity contribution in [3.05, 3.63) is 70.8 Å². The van der Waals surface area contributed by atoms with E-state index in [1.54, 1.807) is 4.90 Å². The smallest absolute Gasteiger partial charge is 0.253 e. The average molecular weight is 345 g/mol. The predicted octanol–water partition coefficient (Wildman–Crippen LogP) is 4.09. The van der Waals surface area contributed by atoms with Gasteiger partial charge in [0, 0.05) is 18.7 Å². The molecule has 1 fully saturated rings. The first-order valence-corrected chi connectivity index (χ1v) is 8.44. The lowest BCUT2D eigenvalue weighted by atomic mass is 10.1. The first kappa shape index (κ1) is 17.5. The number of benzene rings is 2. The zero-order valence-corrected chi connectivity index (χ0v) is 14.2. The average Bonchev–Trinajstić information content (AvgIpc) is 2.62. The van der Waals surface area contributed by atoms with E-state index in [0.717, 1.165) is 30.5 Å². The number of carbonyl (C=O) groups is 1. The van der Waals surface area contributed by atoms with E-state index in [-0.39, 0.29) is 18.6 Å². The highest BCUT2D eigenvalue weighted by molar-refractivity contribution is 5.94. The van der Waals surface area contributed by atoms with Crippen molar-refractivity contribution in [2.75, 3.05) is 13.1 Å². The van der Waals surface area contributed by atoms with Crippen LogP contribution in [0.15, 0.2) is 42.5 Å². The Balaban J connectivity index is 1.59. The van der Waals surface area contributed by atoms with Crippen molar-refractivity contribution in [1.82, 2.24) is 4.90 Å². The van der Waals surface area contributed by atoms with Crippen LogP contribution in [-0.2, 0) is 11.3 Å². The Morgan fingerprint density at radius 3 is 2.80 bits per heavy atom. The highest BCUT2D eigenvalue weighted by atomic mass is 19.2. The molecule has 132 valence electrons. The minimum Gasteiger partial charge on any atom is -0.372 e. The molecule has 1 heterocycles. The van der Waals surface area contributed by atoms with Crippen molar-refractivity contribution >= 4 is 5.91 Å². The van der Waals surface area contributed by atoms with Gasteiger partial charge in [-0.3, -0.25) is 4.79 Å². The van der Waals surface area contributed by atoms with Gasteiger partial charge in [-0.1, -0.05) is 23.8 Å². The van der Waals surface area contributed by atoms with Gasteiger partial charge in [-0.25, -0.2) is 8.78 Å². The Bertz CT molecular complexity index is 763. The van der Waals surface area contributed by atoms with Crippen LogP contribution in [-0.4, -0.2) is 30.0 Å². The molecule has 1 saturated heterocycles. The minimum atomic E-state index is -0.874. The molecule has 25 heavy (non-hydrogen) atoms. The molecule has 2 aromatic carbocycles. The quantitative estimate of drug-likeness (QED) is 0.835. The van der Waals surface area contributed by atoms with E-state index in [0.29, 0.717) is 24.2 Å². The summed E-state index contributed by atoms with van der Waals surface area (Å²) in [5.74, 6) is -1.73. The van der Waals surface area contributed by atoms with Crippen LogP contribution in [0.4, 0.5) is 8.78 Å². The number of ether oxygens (including phenoxy) is 1. The topological polar surface area (TPSA) is 29.5 Å². The summed E-state index contributed by atoms with van der Waals surface area (Å²) in [7, 11) is 0. The first-order valence-electron chi connectivity index (χ1n) is 8.44. The summed E-state index contributed by atoms with van der Waals surface area (Å²) in [4.78, 5) is 14.4. The second kappa shape index (κ2) is 7.74. The molecule has 0 spiro atoms. The second-order valence-electron chi connectivity index (χ2n) is 6.44. The molecule has 0 aromatic heterocycles. The molecule has 1 atom stereocenters. The lowest BCUT2D eigenvalue weighted by Crippen LogP contribution is -2.43. The number of amides is 1. The molecule has 3 rings (SSSR count). The third-order valence-corrected chi connectivity index (χ3v) is 4.40. The van der Waals surface area contributed by atoms with Crippen LogP contribution in [0.25, 0.3) is 0 Å². The Labute approximate surface area is 146 Å². The van der Waals surface area contributed by atoms with E-state index in [1.165, 1.54) is 6.07 Å². The summed E-state index contributed by atoms with van der Waals surface area (Å²) >= 11 is 0. The zero-order chi connectivity index (χ0) is 17.8. The second-order valence-corrected chi connectivity index (χ2v) is 6.44. The molecule has 2 aromatic rings. The molecule has 1 aliphatic rings. The molecule has 0 radical (unpaired) electrons. The monoisotopic (exact) mass is 345 g/mol. The van der Waals surface area contributed by atoms with E-state index in [2.05, 4.69) is 0 Å². The standard InChI is InChI=1S/C20H21F2NO2/c1-14-4-2-5-16(10-14)20(24)23-9-3-6-17(12-23)25-13-15-7-8-18(21)19(22)11-15/h2,4-5,7-8,10-11,17H,3,6,9,12-13H2,1H3/t17-/m1/s1. The minimum absolute atomic E-state index is 0.00447. The van der Waals surface area contributed by atoms with E-state index in [1.807, 2.05) is 31.2 Å². The van der Waals surface area contributed by atoms with E-state index in [4.69, 9.17) is 4.74 Å². The van der Waals surface area contributed by atoms with Gasteiger partial charge in [0.25, 0.3) is 5.91 Å². The molecule has 0 N–H and O–H groups in total. The van der Waals surface area contributed by atoms with Gasteiger partial charge in [0.05, 0.1) is 12.7 Å². The van der Waals surface area contributed by atoms with Crippen LogP contribution in [0.3, 0.4) is 0 Å². The summed E-state index contributed by atoms with van der Waals surface area (Å²) < 4.78 is 32.0. The Morgan fingerprint density at radius 1 is 1.20 bits per heavy atom. The van der Waals surface area contributed by atoms with Crippen LogP contribution in [0.2, 0.25) is 0 Å². The first-order chi connectivity index (χ1) is 12.0. The lowest BCUT2D eigenvalue weighted by molar-refractivity contribution is -0.00682. The number of aryl methyl sites for hydroxylation is 1. The highest BCUT2D eigenvalue weighted by Crippen LogP contribution is 2.18. The van der Waals surface area contributed by atoms with E-state index in [9.17, 15) is 13.6 Å². The van der Waals surface area contributed by atoms with Crippen LogP contribution in [0.1, 0.15) is 34.3 Å². The molecule has 1 aliphatic heterocycles. The number of carbonyl (C=O) groups excluding carboxylic acids is 1. The maximum Gasteiger partial charge on any atom is 0.253 e. The van der Waals surface area contributed by atoms with Gasteiger partial charge in [0.1, 0.15) is 0 Å². The van der Waals surface area contributed by atoms with E-state index >= 15 is 0 Å². The third-order valence-electron chi connectivity index (χ3n) is 4.40. The van der Waals surface area contributed by atoms with Gasteiger partial charge in [0.15, 0.2) is 11.6 Å². The van der Waals surface area contributed by atoms with Gasteiger partial charge >= 0.3 is 0 Å². The molecule has 0 bridgehead atoms. The third kappa shape index (κ3) is 4.42. The Morgan fingerprint density at radius 2 is 2.04 bits per heavy atom. The van der Waals surface area contributed by atoms with Gasteiger partial charge in [-0.2, -0.15) is 0 Å². The summed E-state index contributed by atoms with van der Waals surface area (Å²) in [6.07, 6.45) is 1.61. The summed E-state index contributed by atoms with van der Waals surface area (Å²) in [6.45, 7) is 3.38. The summed E-state index contributed by atoms with van der Waals surface area (Å²) in [6, 6.07) is 11.3. The number of rotatable bonds is 4. The van der Waals surface area contributed by atoms with Crippen LogP contribution in [0, 0.1) is 18.6 Å². The normalized spacial score (nSPS) is 17.6. The van der Waals surface area contributed by atoms with Crippen molar-refractivity contribution < 1.29 is 18.3 Å². The van der Waals surface area contributed by atoms with Gasteiger partial charge < -0.3 is 9.64 Å². The lowest BCUT2D eigenvalue weighted by Gasteiger charge is -2.32. The van der Waals surface area contributed by atoms with Crippen molar-refractivity contribution in [1.29, 1.82) is 0 Å². The number of likely N-dealkylation sites (tertiary alicyclic amines) is 1. The number of hydrogen-bond acceptors (Lipinski definition) is 2. The van der Waals surface area contributed by atoms with Gasteiger partial charge in [-0.15, -0.1) is 0 Å². The fraction of sp³-hybridized carbons (Fsp3) is 0.350. The van der Waals surface area contributed by atoms with Crippen molar-refractivity contribution in [2.45, 2.75) is 32.5 Å². The van der Waals surface area contributed by atoms with Crippen LogP contribution >= 0.6 is 0 Å². The Hall–Kier alpha value is -2.27. The molecular weight excluding hydrogens is 324 g/mol. The molecule has 0 saturated carbocycles. The molecular formula is C20H21F2NO2. The number of nitrogens with zero attached hydrogens (tertiary/aromatic N) is 1. The molecule has 1 amide bonds. The zero-order valence-electron chi connectivity index (χ0n) is 14.2. The maximum absolute atomic E-state index is 13.2. The fourth-order valence-electron chi connectivity index (χ4n) is 3.06. The largest absolute Gasteiger partial charge is 0.372 e. The Kier molecular flexibility index (Phi) is 5.43. The molecule has 5 heteroatoms. The van der Waals surface area contributed by atoms with Gasteiger partial charge in [0.2, 0.25) is 0 Å². The maximum atomic E-state index is 13.2. The SMILES string of the molecule is Cc1cccc(C(=O)N2CCC[C@@H](OCc3ccc(F)c(F)c3)C2)c1. The van der Waals surface area contributed by atoms with Crippen LogP contribution < -0.4 is 0 Å². The van der Waals surface area contributed by atoms with Crippen molar-refractivity contribution in [3.63, 3.8) is 0 Å². The number of halogens is 2. The van der Waals surface area contributed by atoms with Crippen LogP contribution in [0.5, 0.6) is 0 Å². The van der Waals surface area contributed by atoms with Crippen molar-refractivity contribution in [3.8, 4) is 0 Å². The fourth-order valence-corrected chi connectivity index (χ4v) is 3.06. The molecule has 3 nitrogen and oxygen atoms in total. The molecule has 0 unspecified atom stereocenters. The van der Waals surface area contributed by atoms with E-state index < -0.39 is 11.6 Å². The van der Waals surface area contributed by atoms with Gasteiger partial charge in [-0.05, 0) is 49.6 Å². The highest BCUT2D eigenvalue weighted by Gasteiger charge is 2.25.